The average molecular weight is 273 g/mol. The summed E-state index contributed by atoms with van der Waals surface area (Å²) in [7, 11) is 0. The van der Waals surface area contributed by atoms with Crippen LogP contribution < -0.4 is 5.32 Å². The lowest BCUT2D eigenvalue weighted by molar-refractivity contribution is 0.102. The molecule has 0 saturated heterocycles. The fourth-order valence-electron chi connectivity index (χ4n) is 1.44. The lowest BCUT2D eigenvalue weighted by Gasteiger charge is -2.05. The van der Waals surface area contributed by atoms with Crippen LogP contribution in [0.4, 0.5) is 5.69 Å². The summed E-state index contributed by atoms with van der Waals surface area (Å²) >= 11 is 5.66. The van der Waals surface area contributed by atoms with E-state index in [1.54, 1.807) is 24.3 Å². The number of carbonyl (C=O) groups is 1. The van der Waals surface area contributed by atoms with E-state index in [4.69, 9.17) is 16.9 Å². The Morgan fingerprint density at radius 1 is 1.32 bits per heavy atom. The highest BCUT2D eigenvalue weighted by molar-refractivity contribution is 6.29. The first-order chi connectivity index (χ1) is 9.19. The Labute approximate surface area is 114 Å². The van der Waals surface area contributed by atoms with Crippen molar-refractivity contribution in [2.24, 2.45) is 0 Å². The van der Waals surface area contributed by atoms with E-state index in [1.165, 1.54) is 12.4 Å². The summed E-state index contributed by atoms with van der Waals surface area (Å²) in [6.07, 6.45) is 3.04. The van der Waals surface area contributed by atoms with Gasteiger partial charge in [-0.15, -0.1) is 0 Å². The van der Waals surface area contributed by atoms with Gasteiger partial charge in [0, 0.05) is 5.69 Å². The third kappa shape index (κ3) is 3.50. The molecule has 0 radical (unpaired) electrons. The highest BCUT2D eigenvalue weighted by Crippen LogP contribution is 2.11. The van der Waals surface area contributed by atoms with Crippen LogP contribution >= 0.6 is 11.6 Å². The Morgan fingerprint density at radius 3 is 2.68 bits per heavy atom. The monoisotopic (exact) mass is 272 g/mol. The molecule has 0 aliphatic rings. The van der Waals surface area contributed by atoms with Crippen LogP contribution in [0.5, 0.6) is 0 Å². The molecule has 1 aromatic heterocycles. The highest BCUT2D eigenvalue weighted by atomic mass is 35.5. The minimum absolute atomic E-state index is 0.147. The van der Waals surface area contributed by atoms with Crippen molar-refractivity contribution in [3.63, 3.8) is 0 Å². The van der Waals surface area contributed by atoms with Gasteiger partial charge in [-0.05, 0) is 17.7 Å². The zero-order valence-electron chi connectivity index (χ0n) is 9.80. The number of rotatable bonds is 3. The number of nitrogens with zero attached hydrogens (tertiary/aromatic N) is 3. The third-order valence-electron chi connectivity index (χ3n) is 2.33. The molecular weight excluding hydrogens is 264 g/mol. The molecule has 2 aromatic rings. The topological polar surface area (TPSA) is 78.7 Å². The van der Waals surface area contributed by atoms with Crippen molar-refractivity contribution in [2.45, 2.75) is 6.42 Å². The van der Waals surface area contributed by atoms with E-state index < -0.39 is 0 Å². The van der Waals surface area contributed by atoms with Gasteiger partial charge in [0.1, 0.15) is 10.8 Å². The number of amides is 1. The summed E-state index contributed by atoms with van der Waals surface area (Å²) < 4.78 is 0. The van der Waals surface area contributed by atoms with Crippen LogP contribution in [0.15, 0.2) is 36.7 Å². The maximum absolute atomic E-state index is 11.9. The second-order valence-corrected chi connectivity index (χ2v) is 4.10. The molecule has 1 amide bonds. The number of anilines is 1. The molecule has 1 heterocycles. The fraction of sp³-hybridized carbons (Fsp3) is 0.0769. The van der Waals surface area contributed by atoms with Gasteiger partial charge in [0.05, 0.1) is 24.9 Å². The molecule has 0 aliphatic carbocycles. The molecule has 0 aliphatic heterocycles. The van der Waals surface area contributed by atoms with Gasteiger partial charge in [0.2, 0.25) is 0 Å². The normalized spacial score (nSPS) is 9.68. The second-order valence-electron chi connectivity index (χ2n) is 3.71. The van der Waals surface area contributed by atoms with Crippen molar-refractivity contribution in [1.82, 2.24) is 9.97 Å². The number of nitrogens with one attached hydrogen (secondary N) is 1. The summed E-state index contributed by atoms with van der Waals surface area (Å²) in [4.78, 5) is 19.5. The molecule has 0 saturated carbocycles. The van der Waals surface area contributed by atoms with E-state index in [0.717, 1.165) is 5.56 Å². The Balaban J connectivity index is 2.09. The van der Waals surface area contributed by atoms with Gasteiger partial charge in [-0.2, -0.15) is 5.26 Å². The predicted octanol–water partition coefficient (Wildman–Crippen LogP) is 2.45. The van der Waals surface area contributed by atoms with Crippen molar-refractivity contribution >= 4 is 23.2 Å². The van der Waals surface area contributed by atoms with Crippen molar-refractivity contribution in [3.05, 3.63) is 53.1 Å². The molecular formula is C13H9ClN4O. The standard InChI is InChI=1S/C13H9ClN4O/c14-12-8-16-7-11(18-12)13(19)17-10-3-1-9(2-4-10)5-6-15/h1-4,7-8H,5H2,(H,17,19). The molecule has 19 heavy (non-hydrogen) atoms. The largest absolute Gasteiger partial charge is 0.321 e. The maximum atomic E-state index is 11.9. The maximum Gasteiger partial charge on any atom is 0.275 e. The highest BCUT2D eigenvalue weighted by Gasteiger charge is 2.08. The van der Waals surface area contributed by atoms with Crippen LogP contribution in [0.1, 0.15) is 16.1 Å². The van der Waals surface area contributed by atoms with Crippen LogP contribution in [0.3, 0.4) is 0 Å². The van der Waals surface area contributed by atoms with Crippen LogP contribution in [-0.2, 0) is 6.42 Å². The number of nitriles is 1. The zero-order valence-corrected chi connectivity index (χ0v) is 10.6. The van der Waals surface area contributed by atoms with E-state index in [0.29, 0.717) is 12.1 Å². The Morgan fingerprint density at radius 2 is 2.05 bits per heavy atom. The fourth-order valence-corrected chi connectivity index (χ4v) is 1.59. The number of carbonyl (C=O) groups excluding carboxylic acids is 1. The minimum atomic E-state index is -0.386. The molecule has 2 rings (SSSR count). The van der Waals surface area contributed by atoms with E-state index in [2.05, 4.69) is 21.4 Å². The van der Waals surface area contributed by atoms with Gasteiger partial charge in [0.25, 0.3) is 5.91 Å². The summed E-state index contributed by atoms with van der Waals surface area (Å²) in [6, 6.07) is 9.07. The zero-order chi connectivity index (χ0) is 13.7. The van der Waals surface area contributed by atoms with Crippen molar-refractivity contribution in [2.75, 3.05) is 5.32 Å². The van der Waals surface area contributed by atoms with Crippen LogP contribution in [0.25, 0.3) is 0 Å². The quantitative estimate of drug-likeness (QED) is 0.931. The first-order valence-corrected chi connectivity index (χ1v) is 5.81. The van der Waals surface area contributed by atoms with Crippen molar-refractivity contribution in [3.8, 4) is 6.07 Å². The van der Waals surface area contributed by atoms with Crippen LogP contribution in [-0.4, -0.2) is 15.9 Å². The van der Waals surface area contributed by atoms with Gasteiger partial charge < -0.3 is 5.32 Å². The molecule has 5 nitrogen and oxygen atoms in total. The molecule has 0 fully saturated rings. The summed E-state index contributed by atoms with van der Waals surface area (Å²) in [5, 5.41) is 11.4. The van der Waals surface area contributed by atoms with Gasteiger partial charge in [0.15, 0.2) is 0 Å². The number of hydrogen-bond acceptors (Lipinski definition) is 4. The van der Waals surface area contributed by atoms with Gasteiger partial charge in [-0.25, -0.2) is 4.98 Å². The van der Waals surface area contributed by atoms with Gasteiger partial charge in [-0.3, -0.25) is 9.78 Å². The molecule has 0 spiro atoms. The summed E-state index contributed by atoms with van der Waals surface area (Å²) in [6.45, 7) is 0. The molecule has 1 N–H and O–H groups in total. The van der Waals surface area contributed by atoms with E-state index >= 15 is 0 Å². The minimum Gasteiger partial charge on any atom is -0.321 e. The second kappa shape index (κ2) is 5.94. The van der Waals surface area contributed by atoms with Crippen LogP contribution in [0, 0.1) is 11.3 Å². The summed E-state index contributed by atoms with van der Waals surface area (Å²) in [5.74, 6) is -0.386. The third-order valence-corrected chi connectivity index (χ3v) is 2.51. The predicted molar refractivity (Wildman–Crippen MR) is 70.8 cm³/mol. The van der Waals surface area contributed by atoms with Crippen molar-refractivity contribution in [1.29, 1.82) is 5.26 Å². The van der Waals surface area contributed by atoms with Gasteiger partial charge >= 0.3 is 0 Å². The Kier molecular flexibility index (Phi) is 4.06. The van der Waals surface area contributed by atoms with Gasteiger partial charge in [-0.1, -0.05) is 23.7 Å². The molecule has 6 heteroatoms. The molecule has 0 unspecified atom stereocenters. The van der Waals surface area contributed by atoms with E-state index in [9.17, 15) is 4.79 Å². The Bertz CT molecular complexity index is 634. The lowest BCUT2D eigenvalue weighted by Crippen LogP contribution is -2.14. The molecule has 1 aromatic carbocycles. The first kappa shape index (κ1) is 13.0. The van der Waals surface area contributed by atoms with E-state index in [1.807, 2.05) is 0 Å². The van der Waals surface area contributed by atoms with Crippen LogP contribution in [0.2, 0.25) is 5.15 Å². The number of halogens is 1. The molecule has 94 valence electrons. The number of hydrogen-bond donors (Lipinski definition) is 1. The summed E-state index contributed by atoms with van der Waals surface area (Å²) in [5.41, 5.74) is 1.66. The van der Waals surface area contributed by atoms with Crippen molar-refractivity contribution < 1.29 is 4.79 Å². The Hall–Kier alpha value is -2.45. The SMILES string of the molecule is N#CCc1ccc(NC(=O)c2cncc(Cl)n2)cc1. The molecule has 0 atom stereocenters. The lowest BCUT2D eigenvalue weighted by atomic mass is 10.1. The van der Waals surface area contributed by atoms with E-state index in [-0.39, 0.29) is 16.8 Å². The molecule has 0 bridgehead atoms. The average Bonchev–Trinajstić information content (AvgIpc) is 2.41. The number of benzene rings is 1. The smallest absolute Gasteiger partial charge is 0.275 e. The number of aromatic nitrogens is 2. The first-order valence-electron chi connectivity index (χ1n) is 5.44.